The third-order valence-electron chi connectivity index (χ3n) is 3.24. The van der Waals surface area contributed by atoms with Gasteiger partial charge in [0.05, 0.1) is 10.9 Å². The number of nitrogens with zero attached hydrogens (tertiary/aromatic N) is 2. The van der Waals surface area contributed by atoms with Crippen molar-refractivity contribution < 1.29 is 17.2 Å². The second-order valence-electron chi connectivity index (χ2n) is 6.42. The number of benzene rings is 1. The quantitative estimate of drug-likeness (QED) is 0.799. The molecule has 0 aliphatic carbocycles. The SMILES string of the molecule is CC(NS(=O)(=O)c1ccc(Br)cc1CF)c1nnc(C(C)(C)C)o1. The number of halogens is 2. The van der Waals surface area contributed by atoms with Crippen molar-refractivity contribution in [1.29, 1.82) is 0 Å². The van der Waals surface area contributed by atoms with E-state index in [1.54, 1.807) is 13.0 Å². The van der Waals surface area contributed by atoms with Gasteiger partial charge in [0.25, 0.3) is 0 Å². The average Bonchev–Trinajstić information content (AvgIpc) is 2.96. The number of nitrogens with one attached hydrogen (secondary N) is 1. The normalized spacial score (nSPS) is 13.9. The number of sulfonamides is 1. The van der Waals surface area contributed by atoms with Gasteiger partial charge >= 0.3 is 0 Å². The van der Waals surface area contributed by atoms with Crippen LogP contribution in [-0.2, 0) is 22.1 Å². The Morgan fingerprint density at radius 2 is 2.00 bits per heavy atom. The van der Waals surface area contributed by atoms with Crippen molar-refractivity contribution >= 4 is 26.0 Å². The van der Waals surface area contributed by atoms with Crippen LogP contribution in [0.1, 0.15) is 51.1 Å². The van der Waals surface area contributed by atoms with Gasteiger partial charge in [0.2, 0.25) is 21.8 Å². The summed E-state index contributed by atoms with van der Waals surface area (Å²) in [4.78, 5) is -0.115. The fourth-order valence-corrected chi connectivity index (χ4v) is 3.78. The molecule has 1 aromatic carbocycles. The molecule has 0 amide bonds. The van der Waals surface area contributed by atoms with Crippen LogP contribution in [-0.4, -0.2) is 18.6 Å². The molecule has 1 aromatic heterocycles. The van der Waals surface area contributed by atoms with Gasteiger partial charge in [-0.2, -0.15) is 4.72 Å². The van der Waals surface area contributed by atoms with E-state index in [1.165, 1.54) is 12.1 Å². The molecule has 2 aromatic rings. The molecular weight excluding hydrogens is 401 g/mol. The largest absolute Gasteiger partial charge is 0.423 e. The average molecular weight is 420 g/mol. The van der Waals surface area contributed by atoms with Crippen LogP contribution >= 0.6 is 15.9 Å². The van der Waals surface area contributed by atoms with Crippen molar-refractivity contribution in [3.05, 3.63) is 40.0 Å². The summed E-state index contributed by atoms with van der Waals surface area (Å²) in [6.45, 7) is 6.43. The highest BCUT2D eigenvalue weighted by atomic mass is 79.9. The third kappa shape index (κ3) is 4.20. The number of hydrogen-bond donors (Lipinski definition) is 1. The summed E-state index contributed by atoms with van der Waals surface area (Å²) < 4.78 is 46.8. The number of hydrogen-bond acceptors (Lipinski definition) is 5. The van der Waals surface area contributed by atoms with E-state index in [-0.39, 0.29) is 21.8 Å². The molecule has 132 valence electrons. The van der Waals surface area contributed by atoms with Crippen LogP contribution in [0, 0.1) is 0 Å². The number of alkyl halides is 1. The van der Waals surface area contributed by atoms with E-state index in [0.717, 1.165) is 0 Å². The molecule has 1 N–H and O–H groups in total. The fraction of sp³-hybridized carbons (Fsp3) is 0.467. The molecule has 0 saturated carbocycles. The maximum absolute atomic E-state index is 13.1. The third-order valence-corrected chi connectivity index (χ3v) is 5.38. The predicted octanol–water partition coefficient (Wildman–Crippen LogP) is 3.64. The van der Waals surface area contributed by atoms with Crippen LogP contribution in [0.25, 0.3) is 0 Å². The summed E-state index contributed by atoms with van der Waals surface area (Å²) in [7, 11) is -3.93. The number of aromatic nitrogens is 2. The first-order chi connectivity index (χ1) is 11.0. The van der Waals surface area contributed by atoms with Crippen LogP contribution in [0.5, 0.6) is 0 Å². The molecule has 24 heavy (non-hydrogen) atoms. The lowest BCUT2D eigenvalue weighted by molar-refractivity contribution is 0.355. The summed E-state index contributed by atoms with van der Waals surface area (Å²) in [6.07, 6.45) is 0. The van der Waals surface area contributed by atoms with Crippen molar-refractivity contribution in [2.75, 3.05) is 0 Å². The highest BCUT2D eigenvalue weighted by Crippen LogP contribution is 2.25. The summed E-state index contributed by atoms with van der Waals surface area (Å²) in [6, 6.07) is 3.59. The molecule has 0 aliphatic heterocycles. The van der Waals surface area contributed by atoms with Crippen molar-refractivity contribution in [3.63, 3.8) is 0 Å². The second-order valence-corrected chi connectivity index (χ2v) is 9.02. The van der Waals surface area contributed by atoms with Gasteiger partial charge in [-0.15, -0.1) is 10.2 Å². The molecule has 9 heteroatoms. The lowest BCUT2D eigenvalue weighted by Crippen LogP contribution is -2.28. The minimum Gasteiger partial charge on any atom is -0.423 e. The smallest absolute Gasteiger partial charge is 0.241 e. The predicted molar refractivity (Wildman–Crippen MR) is 90.7 cm³/mol. The molecule has 1 unspecified atom stereocenters. The molecule has 6 nitrogen and oxygen atoms in total. The Labute approximate surface area is 149 Å². The van der Waals surface area contributed by atoms with Crippen LogP contribution in [0.3, 0.4) is 0 Å². The summed E-state index contributed by atoms with van der Waals surface area (Å²) in [5.41, 5.74) is -0.262. The molecule has 1 atom stereocenters. The Balaban J connectivity index is 2.27. The van der Waals surface area contributed by atoms with Crippen molar-refractivity contribution in [3.8, 4) is 0 Å². The van der Waals surface area contributed by atoms with Gasteiger partial charge in [-0.25, -0.2) is 12.8 Å². The molecule has 0 fully saturated rings. The van der Waals surface area contributed by atoms with Crippen LogP contribution in [0.15, 0.2) is 32.0 Å². The zero-order valence-corrected chi connectivity index (χ0v) is 16.2. The van der Waals surface area contributed by atoms with Gasteiger partial charge in [0.1, 0.15) is 6.67 Å². The number of rotatable bonds is 5. The summed E-state index contributed by atoms with van der Waals surface area (Å²) in [5.74, 6) is 0.569. The minimum absolute atomic E-state index is 0.0741. The standard InChI is InChI=1S/C15H19BrFN3O3S/c1-9(13-18-19-14(23-13)15(2,3)4)20-24(21,22)12-6-5-11(16)7-10(12)8-17/h5-7,9,20H,8H2,1-4H3. The first-order valence-corrected chi connectivity index (χ1v) is 9.53. The van der Waals surface area contributed by atoms with E-state index < -0.39 is 22.7 Å². The molecule has 0 spiro atoms. The monoisotopic (exact) mass is 419 g/mol. The van der Waals surface area contributed by atoms with Crippen molar-refractivity contribution in [1.82, 2.24) is 14.9 Å². The van der Waals surface area contributed by atoms with E-state index in [4.69, 9.17) is 4.42 Å². The topological polar surface area (TPSA) is 85.1 Å². The van der Waals surface area contributed by atoms with E-state index in [9.17, 15) is 12.8 Å². The van der Waals surface area contributed by atoms with Gasteiger partial charge in [0, 0.05) is 15.5 Å². The highest BCUT2D eigenvalue weighted by molar-refractivity contribution is 9.10. The van der Waals surface area contributed by atoms with E-state index in [0.29, 0.717) is 10.4 Å². The Hall–Kier alpha value is -1.32. The Morgan fingerprint density at radius 3 is 2.54 bits per heavy atom. The molecule has 0 radical (unpaired) electrons. The molecule has 0 bridgehead atoms. The van der Waals surface area contributed by atoms with Gasteiger partial charge < -0.3 is 4.42 Å². The molecular formula is C15H19BrFN3O3S. The minimum atomic E-state index is -3.93. The van der Waals surface area contributed by atoms with Crippen LogP contribution in [0.4, 0.5) is 4.39 Å². The first kappa shape index (κ1) is 19.0. The molecule has 1 heterocycles. The van der Waals surface area contributed by atoms with Crippen LogP contribution < -0.4 is 4.72 Å². The van der Waals surface area contributed by atoms with E-state index in [2.05, 4.69) is 30.8 Å². The van der Waals surface area contributed by atoms with Gasteiger partial charge in [-0.3, -0.25) is 0 Å². The summed E-state index contributed by atoms with van der Waals surface area (Å²) in [5, 5.41) is 7.83. The lowest BCUT2D eigenvalue weighted by atomic mass is 9.97. The molecule has 0 aliphatic rings. The van der Waals surface area contributed by atoms with Gasteiger partial charge in [-0.05, 0) is 25.1 Å². The van der Waals surface area contributed by atoms with Crippen molar-refractivity contribution in [2.45, 2.75) is 50.7 Å². The maximum Gasteiger partial charge on any atom is 0.241 e. The Bertz CT molecular complexity index is 831. The van der Waals surface area contributed by atoms with Gasteiger partial charge in [-0.1, -0.05) is 36.7 Å². The van der Waals surface area contributed by atoms with E-state index in [1.807, 2.05) is 20.8 Å². The van der Waals surface area contributed by atoms with Crippen LogP contribution in [0.2, 0.25) is 0 Å². The Kier molecular flexibility index (Phi) is 5.46. The van der Waals surface area contributed by atoms with Crippen molar-refractivity contribution in [2.24, 2.45) is 0 Å². The first-order valence-electron chi connectivity index (χ1n) is 7.25. The summed E-state index contributed by atoms with van der Waals surface area (Å²) >= 11 is 3.20. The zero-order chi connectivity index (χ0) is 18.1. The Morgan fingerprint density at radius 1 is 1.33 bits per heavy atom. The second kappa shape index (κ2) is 6.89. The lowest BCUT2D eigenvalue weighted by Gasteiger charge is -2.14. The maximum atomic E-state index is 13.1. The highest BCUT2D eigenvalue weighted by Gasteiger charge is 2.27. The zero-order valence-electron chi connectivity index (χ0n) is 13.8. The van der Waals surface area contributed by atoms with Gasteiger partial charge in [0.15, 0.2) is 0 Å². The molecule has 0 saturated heterocycles. The van der Waals surface area contributed by atoms with E-state index >= 15 is 0 Å². The molecule has 2 rings (SSSR count). The fourth-order valence-electron chi connectivity index (χ4n) is 1.97.